The van der Waals surface area contributed by atoms with Gasteiger partial charge < -0.3 is 25.2 Å². The Hall–Kier alpha value is -1.83. The number of carboxylic acid groups (broad SMARTS) is 1. The third-order valence-electron chi connectivity index (χ3n) is 3.28. The first kappa shape index (κ1) is 17.2. The lowest BCUT2D eigenvalue weighted by Crippen LogP contribution is -2.50. The molecule has 0 aromatic carbocycles. The van der Waals surface area contributed by atoms with Crippen molar-refractivity contribution in [2.45, 2.75) is 44.9 Å². The molecule has 1 saturated heterocycles. The molecule has 1 fully saturated rings. The van der Waals surface area contributed by atoms with Crippen LogP contribution >= 0.6 is 0 Å². The Labute approximate surface area is 123 Å². The number of ether oxygens (including phenoxy) is 2. The number of urea groups is 1. The van der Waals surface area contributed by atoms with Crippen molar-refractivity contribution < 1.29 is 29.0 Å². The van der Waals surface area contributed by atoms with Crippen LogP contribution in [0.25, 0.3) is 0 Å². The molecular weight excluding hydrogens is 280 g/mol. The maximum Gasteiger partial charge on any atom is 0.332 e. The standard InChI is InChI=1S/C13H22N2O6/c1-7(2)10(12(18)20-3)15-13(19)14-6-8-4-5-9(21-8)11(16)17/h7-10H,4-6H2,1-3H3,(H,16,17)(H2,14,15,19). The van der Waals surface area contributed by atoms with E-state index in [2.05, 4.69) is 15.4 Å². The second kappa shape index (κ2) is 7.82. The van der Waals surface area contributed by atoms with Crippen molar-refractivity contribution in [3.63, 3.8) is 0 Å². The lowest BCUT2D eigenvalue weighted by Gasteiger charge is -2.20. The van der Waals surface area contributed by atoms with Crippen molar-refractivity contribution in [3.05, 3.63) is 0 Å². The van der Waals surface area contributed by atoms with E-state index in [1.807, 2.05) is 0 Å². The number of esters is 1. The summed E-state index contributed by atoms with van der Waals surface area (Å²) in [5.74, 6) is -1.61. The summed E-state index contributed by atoms with van der Waals surface area (Å²) in [6.07, 6.45) is -0.132. The van der Waals surface area contributed by atoms with Crippen molar-refractivity contribution in [1.29, 1.82) is 0 Å². The minimum Gasteiger partial charge on any atom is -0.479 e. The molecule has 1 rings (SSSR count). The zero-order valence-corrected chi connectivity index (χ0v) is 12.4. The fraction of sp³-hybridized carbons (Fsp3) is 0.769. The summed E-state index contributed by atoms with van der Waals surface area (Å²) in [6.45, 7) is 3.78. The van der Waals surface area contributed by atoms with Gasteiger partial charge in [0.15, 0.2) is 6.10 Å². The van der Waals surface area contributed by atoms with Crippen LogP contribution in [-0.2, 0) is 19.1 Å². The molecule has 0 radical (unpaired) electrons. The van der Waals surface area contributed by atoms with Crippen molar-refractivity contribution in [2.24, 2.45) is 5.92 Å². The maximum atomic E-state index is 11.7. The van der Waals surface area contributed by atoms with E-state index < -0.39 is 30.1 Å². The van der Waals surface area contributed by atoms with Gasteiger partial charge in [0.25, 0.3) is 0 Å². The highest BCUT2D eigenvalue weighted by atomic mass is 16.5. The second-order valence-corrected chi connectivity index (χ2v) is 5.26. The van der Waals surface area contributed by atoms with Gasteiger partial charge in [-0.1, -0.05) is 13.8 Å². The van der Waals surface area contributed by atoms with Crippen LogP contribution in [0.1, 0.15) is 26.7 Å². The van der Waals surface area contributed by atoms with Gasteiger partial charge in [-0.05, 0) is 18.8 Å². The average molecular weight is 302 g/mol. The van der Waals surface area contributed by atoms with Crippen LogP contribution in [0.4, 0.5) is 4.79 Å². The topological polar surface area (TPSA) is 114 Å². The Balaban J connectivity index is 2.37. The van der Waals surface area contributed by atoms with Gasteiger partial charge in [0.05, 0.1) is 13.2 Å². The molecule has 1 aliphatic heterocycles. The molecule has 0 aromatic heterocycles. The zero-order valence-electron chi connectivity index (χ0n) is 12.4. The van der Waals surface area contributed by atoms with Gasteiger partial charge in [0, 0.05) is 6.54 Å². The van der Waals surface area contributed by atoms with Crippen LogP contribution in [0.3, 0.4) is 0 Å². The molecule has 3 unspecified atom stereocenters. The number of hydrogen-bond acceptors (Lipinski definition) is 5. The first-order chi connectivity index (χ1) is 9.85. The molecule has 2 amide bonds. The van der Waals surface area contributed by atoms with Crippen LogP contribution in [0, 0.1) is 5.92 Å². The molecule has 3 N–H and O–H groups in total. The number of hydrogen-bond donors (Lipinski definition) is 3. The van der Waals surface area contributed by atoms with Crippen LogP contribution in [-0.4, -0.2) is 55.0 Å². The van der Waals surface area contributed by atoms with Gasteiger partial charge in [-0.3, -0.25) is 0 Å². The summed E-state index contributed by atoms with van der Waals surface area (Å²) >= 11 is 0. The third-order valence-corrected chi connectivity index (χ3v) is 3.28. The predicted molar refractivity (Wildman–Crippen MR) is 72.7 cm³/mol. The molecule has 8 heteroatoms. The molecule has 21 heavy (non-hydrogen) atoms. The smallest absolute Gasteiger partial charge is 0.332 e. The molecule has 3 atom stereocenters. The van der Waals surface area contributed by atoms with Gasteiger partial charge in [0.1, 0.15) is 6.04 Å². The Morgan fingerprint density at radius 3 is 2.48 bits per heavy atom. The van der Waals surface area contributed by atoms with Crippen LogP contribution < -0.4 is 10.6 Å². The largest absolute Gasteiger partial charge is 0.479 e. The molecule has 1 aliphatic rings. The van der Waals surface area contributed by atoms with E-state index in [9.17, 15) is 14.4 Å². The number of amides is 2. The molecule has 8 nitrogen and oxygen atoms in total. The predicted octanol–water partition coefficient (Wildman–Crippen LogP) is 0.115. The number of rotatable bonds is 6. The lowest BCUT2D eigenvalue weighted by atomic mass is 10.1. The van der Waals surface area contributed by atoms with Crippen molar-refractivity contribution >= 4 is 18.0 Å². The number of carbonyl (C=O) groups excluding carboxylic acids is 2. The average Bonchev–Trinajstić information content (AvgIpc) is 2.90. The van der Waals surface area contributed by atoms with Gasteiger partial charge >= 0.3 is 18.0 Å². The summed E-state index contributed by atoms with van der Waals surface area (Å²) in [6, 6.07) is -1.24. The highest BCUT2D eigenvalue weighted by Crippen LogP contribution is 2.19. The molecular formula is C13H22N2O6. The molecule has 1 heterocycles. The normalized spacial score (nSPS) is 22.7. The summed E-state index contributed by atoms with van der Waals surface area (Å²) in [5.41, 5.74) is 0. The van der Waals surface area contributed by atoms with E-state index >= 15 is 0 Å². The van der Waals surface area contributed by atoms with Crippen LogP contribution in [0.15, 0.2) is 0 Å². The molecule has 120 valence electrons. The lowest BCUT2D eigenvalue weighted by molar-refractivity contribution is -0.149. The van der Waals surface area contributed by atoms with Gasteiger partial charge in [-0.25, -0.2) is 14.4 Å². The van der Waals surface area contributed by atoms with E-state index in [-0.39, 0.29) is 18.6 Å². The SMILES string of the molecule is COC(=O)C(NC(=O)NCC1CCC(C(=O)O)O1)C(C)C. The Morgan fingerprint density at radius 2 is 2.00 bits per heavy atom. The van der Waals surface area contributed by atoms with E-state index in [1.165, 1.54) is 7.11 Å². The van der Waals surface area contributed by atoms with E-state index in [4.69, 9.17) is 9.84 Å². The van der Waals surface area contributed by atoms with E-state index in [1.54, 1.807) is 13.8 Å². The number of methoxy groups -OCH3 is 1. The summed E-state index contributed by atoms with van der Waals surface area (Å²) < 4.78 is 9.88. The minimum atomic E-state index is -0.993. The van der Waals surface area contributed by atoms with Gasteiger partial charge in [-0.2, -0.15) is 0 Å². The minimum absolute atomic E-state index is 0.109. The maximum absolute atomic E-state index is 11.7. The van der Waals surface area contributed by atoms with Crippen molar-refractivity contribution in [3.8, 4) is 0 Å². The van der Waals surface area contributed by atoms with Gasteiger partial charge in [0.2, 0.25) is 0 Å². The van der Waals surface area contributed by atoms with E-state index in [0.29, 0.717) is 12.8 Å². The first-order valence-corrected chi connectivity index (χ1v) is 6.85. The number of nitrogens with one attached hydrogen (secondary N) is 2. The van der Waals surface area contributed by atoms with Crippen molar-refractivity contribution in [2.75, 3.05) is 13.7 Å². The zero-order chi connectivity index (χ0) is 16.0. The molecule has 0 bridgehead atoms. The quantitative estimate of drug-likeness (QED) is 0.600. The van der Waals surface area contributed by atoms with E-state index in [0.717, 1.165) is 0 Å². The monoisotopic (exact) mass is 302 g/mol. The van der Waals surface area contributed by atoms with Gasteiger partial charge in [-0.15, -0.1) is 0 Å². The fourth-order valence-electron chi connectivity index (χ4n) is 2.06. The first-order valence-electron chi connectivity index (χ1n) is 6.85. The number of aliphatic carboxylic acids is 1. The third kappa shape index (κ3) is 5.22. The molecule has 0 saturated carbocycles. The Morgan fingerprint density at radius 1 is 1.33 bits per heavy atom. The fourth-order valence-corrected chi connectivity index (χ4v) is 2.06. The molecule has 0 aliphatic carbocycles. The molecule has 0 aromatic rings. The highest BCUT2D eigenvalue weighted by Gasteiger charge is 2.31. The van der Waals surface area contributed by atoms with Crippen molar-refractivity contribution in [1.82, 2.24) is 10.6 Å². The molecule has 0 spiro atoms. The van der Waals surface area contributed by atoms with Crippen LogP contribution in [0.2, 0.25) is 0 Å². The Kier molecular flexibility index (Phi) is 6.41. The highest BCUT2D eigenvalue weighted by molar-refractivity contribution is 5.83. The number of carbonyl (C=O) groups is 3. The van der Waals surface area contributed by atoms with Crippen LogP contribution in [0.5, 0.6) is 0 Å². The Bertz CT molecular complexity index is 398. The summed E-state index contributed by atoms with van der Waals surface area (Å²) in [4.78, 5) is 34.0. The second-order valence-electron chi connectivity index (χ2n) is 5.26. The number of carboxylic acids is 1. The summed E-state index contributed by atoms with van der Waals surface area (Å²) in [5, 5.41) is 13.9. The summed E-state index contributed by atoms with van der Waals surface area (Å²) in [7, 11) is 1.26.